The van der Waals surface area contributed by atoms with E-state index in [1.165, 1.54) is 6.42 Å². The lowest BCUT2D eigenvalue weighted by Crippen LogP contribution is -2.44. The second kappa shape index (κ2) is 5.35. The van der Waals surface area contributed by atoms with Crippen molar-refractivity contribution in [2.45, 2.75) is 19.4 Å². The van der Waals surface area contributed by atoms with Crippen LogP contribution in [0.3, 0.4) is 0 Å². The van der Waals surface area contributed by atoms with Crippen molar-refractivity contribution in [1.29, 1.82) is 0 Å². The molecular formula is C14H22N4O. The Hall–Kier alpha value is -1.33. The molecule has 2 fully saturated rings. The Morgan fingerprint density at radius 3 is 2.84 bits per heavy atom. The Morgan fingerprint density at radius 2 is 2.05 bits per heavy atom. The number of aromatic nitrogens is 1. The first-order valence-electron chi connectivity index (χ1n) is 7.04. The van der Waals surface area contributed by atoms with Gasteiger partial charge in [-0.3, -0.25) is 4.90 Å². The maximum Gasteiger partial charge on any atom is 0.152 e. The highest BCUT2D eigenvalue weighted by Gasteiger charge is 2.30. The normalized spacial score (nSPS) is 24.9. The molecule has 3 heterocycles. The summed E-state index contributed by atoms with van der Waals surface area (Å²) in [6.07, 6.45) is 1.19. The molecule has 2 aliphatic rings. The standard InChI is InChI=1S/C14H22N4O/c1-11-2-3-13(15)14(16-11)18-5-4-12(10-18)17-6-8-19-9-7-17/h2-3,12H,4-10,15H2,1H3. The van der Waals surface area contributed by atoms with E-state index in [9.17, 15) is 0 Å². The number of anilines is 2. The minimum absolute atomic E-state index is 0.616. The van der Waals surface area contributed by atoms with Crippen LogP contribution in [-0.2, 0) is 4.74 Å². The highest BCUT2D eigenvalue weighted by atomic mass is 16.5. The zero-order valence-electron chi connectivity index (χ0n) is 11.5. The van der Waals surface area contributed by atoms with Gasteiger partial charge in [0, 0.05) is 37.9 Å². The first-order valence-corrected chi connectivity index (χ1v) is 7.04. The number of aryl methyl sites for hydroxylation is 1. The molecule has 1 atom stereocenters. The van der Waals surface area contributed by atoms with Gasteiger partial charge in [-0.2, -0.15) is 0 Å². The summed E-state index contributed by atoms with van der Waals surface area (Å²) < 4.78 is 5.42. The van der Waals surface area contributed by atoms with Crippen LogP contribution in [0.1, 0.15) is 12.1 Å². The Balaban J connectivity index is 1.69. The first kappa shape index (κ1) is 12.7. The predicted molar refractivity (Wildman–Crippen MR) is 76.4 cm³/mol. The molecule has 2 saturated heterocycles. The van der Waals surface area contributed by atoms with Gasteiger partial charge in [0.2, 0.25) is 0 Å². The smallest absolute Gasteiger partial charge is 0.152 e. The van der Waals surface area contributed by atoms with Gasteiger partial charge in [-0.1, -0.05) is 0 Å². The van der Waals surface area contributed by atoms with Crippen molar-refractivity contribution in [3.63, 3.8) is 0 Å². The van der Waals surface area contributed by atoms with E-state index in [0.717, 1.165) is 56.6 Å². The van der Waals surface area contributed by atoms with Crippen LogP contribution in [0.2, 0.25) is 0 Å². The molecule has 2 N–H and O–H groups in total. The molecule has 0 aliphatic carbocycles. The van der Waals surface area contributed by atoms with Crippen molar-refractivity contribution in [2.75, 3.05) is 50.0 Å². The van der Waals surface area contributed by atoms with Gasteiger partial charge >= 0.3 is 0 Å². The van der Waals surface area contributed by atoms with Gasteiger partial charge in [0.25, 0.3) is 0 Å². The lowest BCUT2D eigenvalue weighted by Gasteiger charge is -2.32. The summed E-state index contributed by atoms with van der Waals surface area (Å²) in [7, 11) is 0. The molecule has 0 amide bonds. The third-order valence-corrected chi connectivity index (χ3v) is 4.07. The van der Waals surface area contributed by atoms with Crippen LogP contribution in [0, 0.1) is 6.92 Å². The van der Waals surface area contributed by atoms with E-state index in [1.807, 2.05) is 19.1 Å². The van der Waals surface area contributed by atoms with Crippen molar-refractivity contribution in [3.05, 3.63) is 17.8 Å². The Kier molecular flexibility index (Phi) is 3.57. The molecule has 5 heteroatoms. The van der Waals surface area contributed by atoms with E-state index in [0.29, 0.717) is 6.04 Å². The molecule has 1 aromatic rings. The quantitative estimate of drug-likeness (QED) is 0.857. The second-order valence-electron chi connectivity index (χ2n) is 5.40. The van der Waals surface area contributed by atoms with E-state index < -0.39 is 0 Å². The third-order valence-electron chi connectivity index (χ3n) is 4.07. The summed E-state index contributed by atoms with van der Waals surface area (Å²) in [4.78, 5) is 9.45. The van der Waals surface area contributed by atoms with Crippen LogP contribution in [0.15, 0.2) is 12.1 Å². The molecule has 0 radical (unpaired) electrons. The number of ether oxygens (including phenoxy) is 1. The SMILES string of the molecule is Cc1ccc(N)c(N2CCC(N3CCOCC3)C2)n1. The van der Waals surface area contributed by atoms with Crippen LogP contribution in [0.5, 0.6) is 0 Å². The molecule has 0 saturated carbocycles. The van der Waals surface area contributed by atoms with Crippen molar-refractivity contribution in [2.24, 2.45) is 0 Å². The Morgan fingerprint density at radius 1 is 1.26 bits per heavy atom. The summed E-state index contributed by atoms with van der Waals surface area (Å²) in [6, 6.07) is 4.54. The van der Waals surface area contributed by atoms with Gasteiger partial charge in [0.15, 0.2) is 5.82 Å². The molecule has 1 unspecified atom stereocenters. The highest BCUT2D eigenvalue weighted by molar-refractivity contribution is 5.63. The highest BCUT2D eigenvalue weighted by Crippen LogP contribution is 2.26. The van der Waals surface area contributed by atoms with Gasteiger partial charge in [0.05, 0.1) is 18.9 Å². The van der Waals surface area contributed by atoms with E-state index in [2.05, 4.69) is 14.8 Å². The molecule has 3 rings (SSSR count). The first-order chi connectivity index (χ1) is 9.24. The maximum atomic E-state index is 6.06. The average Bonchev–Trinajstić information content (AvgIpc) is 2.92. The largest absolute Gasteiger partial charge is 0.396 e. The van der Waals surface area contributed by atoms with Crippen LogP contribution in [-0.4, -0.2) is 55.3 Å². The predicted octanol–water partition coefficient (Wildman–Crippen LogP) is 0.883. The fraction of sp³-hybridized carbons (Fsp3) is 0.643. The van der Waals surface area contributed by atoms with Crippen molar-refractivity contribution in [3.8, 4) is 0 Å². The summed E-state index contributed by atoms with van der Waals surface area (Å²) in [5.74, 6) is 0.954. The fourth-order valence-corrected chi connectivity index (χ4v) is 2.98. The Bertz CT molecular complexity index is 445. The maximum absolute atomic E-state index is 6.06. The molecule has 0 spiro atoms. The lowest BCUT2D eigenvalue weighted by atomic mass is 10.2. The number of hydrogen-bond acceptors (Lipinski definition) is 5. The van der Waals surface area contributed by atoms with Gasteiger partial charge in [-0.05, 0) is 25.5 Å². The zero-order chi connectivity index (χ0) is 13.2. The van der Waals surface area contributed by atoms with Crippen molar-refractivity contribution in [1.82, 2.24) is 9.88 Å². The van der Waals surface area contributed by atoms with E-state index in [1.54, 1.807) is 0 Å². The van der Waals surface area contributed by atoms with Crippen molar-refractivity contribution < 1.29 is 4.74 Å². The summed E-state index contributed by atoms with van der Waals surface area (Å²) in [5, 5.41) is 0. The molecule has 19 heavy (non-hydrogen) atoms. The molecule has 0 bridgehead atoms. The van der Waals surface area contributed by atoms with Crippen LogP contribution in [0.25, 0.3) is 0 Å². The van der Waals surface area contributed by atoms with E-state index in [-0.39, 0.29) is 0 Å². The van der Waals surface area contributed by atoms with Crippen LogP contribution in [0.4, 0.5) is 11.5 Å². The van der Waals surface area contributed by atoms with E-state index >= 15 is 0 Å². The molecule has 2 aliphatic heterocycles. The molecular weight excluding hydrogens is 240 g/mol. The zero-order valence-corrected chi connectivity index (χ0v) is 11.5. The second-order valence-corrected chi connectivity index (χ2v) is 5.40. The summed E-state index contributed by atoms with van der Waals surface area (Å²) in [6.45, 7) is 7.91. The minimum Gasteiger partial charge on any atom is -0.396 e. The van der Waals surface area contributed by atoms with Gasteiger partial charge in [-0.25, -0.2) is 4.98 Å². The minimum atomic E-state index is 0.616. The number of morpholine rings is 1. The fourth-order valence-electron chi connectivity index (χ4n) is 2.98. The molecule has 1 aromatic heterocycles. The number of rotatable bonds is 2. The van der Waals surface area contributed by atoms with Gasteiger partial charge in [0.1, 0.15) is 0 Å². The van der Waals surface area contributed by atoms with E-state index in [4.69, 9.17) is 10.5 Å². The monoisotopic (exact) mass is 262 g/mol. The number of nitrogens with zero attached hydrogens (tertiary/aromatic N) is 3. The summed E-state index contributed by atoms with van der Waals surface area (Å²) in [5.41, 5.74) is 7.87. The summed E-state index contributed by atoms with van der Waals surface area (Å²) >= 11 is 0. The lowest BCUT2D eigenvalue weighted by molar-refractivity contribution is 0.0209. The van der Waals surface area contributed by atoms with Crippen LogP contribution < -0.4 is 10.6 Å². The molecule has 0 aromatic carbocycles. The number of hydrogen-bond donors (Lipinski definition) is 1. The van der Waals surface area contributed by atoms with Gasteiger partial charge < -0.3 is 15.4 Å². The van der Waals surface area contributed by atoms with Gasteiger partial charge in [-0.15, -0.1) is 0 Å². The number of pyridine rings is 1. The Labute approximate surface area is 114 Å². The third kappa shape index (κ3) is 2.67. The van der Waals surface area contributed by atoms with Crippen molar-refractivity contribution >= 4 is 11.5 Å². The molecule has 5 nitrogen and oxygen atoms in total. The topological polar surface area (TPSA) is 54.6 Å². The number of nitrogens with two attached hydrogens (primary N) is 1. The van der Waals surface area contributed by atoms with Crippen LogP contribution >= 0.6 is 0 Å². The molecule has 104 valence electrons. The average molecular weight is 262 g/mol. The number of nitrogen functional groups attached to an aromatic ring is 1.